The van der Waals surface area contributed by atoms with Crippen LogP contribution in [-0.2, 0) is 4.74 Å². The molecule has 4 rings (SSSR count). The number of methoxy groups -OCH3 is 3. The lowest BCUT2D eigenvalue weighted by atomic mass is 10.1. The molecule has 0 radical (unpaired) electrons. The number of benzene rings is 2. The number of amides is 1. The van der Waals surface area contributed by atoms with E-state index < -0.39 is 24.4 Å². The number of alkyl halides is 3. The first-order valence-electron chi connectivity index (χ1n) is 14.0. The summed E-state index contributed by atoms with van der Waals surface area (Å²) in [6.45, 7) is 3.39. The van der Waals surface area contributed by atoms with Crippen LogP contribution in [0.1, 0.15) is 27.2 Å². The van der Waals surface area contributed by atoms with Crippen molar-refractivity contribution in [2.45, 2.75) is 39.0 Å². The summed E-state index contributed by atoms with van der Waals surface area (Å²) >= 11 is 0. The zero-order valence-electron chi connectivity index (χ0n) is 25.9. The highest BCUT2D eigenvalue weighted by atomic mass is 19.4. The van der Waals surface area contributed by atoms with E-state index in [4.69, 9.17) is 23.9 Å². The Kier molecular flexibility index (Phi) is 10.1. The van der Waals surface area contributed by atoms with E-state index in [2.05, 4.69) is 15.0 Å². The van der Waals surface area contributed by atoms with E-state index in [1.807, 2.05) is 17.0 Å². The molecule has 14 heteroatoms. The third kappa shape index (κ3) is 9.06. The number of fused-ring (bicyclic) bond motifs is 1. The molecule has 0 aliphatic carbocycles. The van der Waals surface area contributed by atoms with Gasteiger partial charge in [-0.05, 0) is 45.4 Å². The Hall–Kier alpha value is -4.88. The Morgan fingerprint density at radius 1 is 0.800 bits per heavy atom. The molecule has 2 aromatic carbocycles. The first-order valence-corrected chi connectivity index (χ1v) is 14.0. The van der Waals surface area contributed by atoms with Gasteiger partial charge in [-0.1, -0.05) is 0 Å². The summed E-state index contributed by atoms with van der Waals surface area (Å²) in [6.07, 6.45) is -0.688. The molecule has 4 aromatic rings. The zero-order valence-corrected chi connectivity index (χ0v) is 25.9. The SMILES string of the molecule is COc1cc(OC)cc(N(CCCN(CC(F)(F)F)C(=O)OC(C)(C)C)c2ccc3ncc(-c4cnc(OC)nc4)nc3c2)c1. The average Bonchev–Trinajstić information content (AvgIpc) is 3.00. The second-order valence-corrected chi connectivity index (χ2v) is 11.0. The lowest BCUT2D eigenvalue weighted by molar-refractivity contribution is -0.144. The highest BCUT2D eigenvalue weighted by Crippen LogP contribution is 2.34. The van der Waals surface area contributed by atoms with E-state index in [-0.39, 0.29) is 25.5 Å². The maximum Gasteiger partial charge on any atom is 0.410 e. The standard InChI is InChI=1S/C31H35F3N6O5/c1-30(2,3)45-29(41)39(19-31(32,33)34)10-7-11-40(22-12-23(42-4)15-24(13-22)43-5)21-8-9-25-26(14-21)38-27(18-35-25)20-16-36-28(44-6)37-17-20/h8-9,12-18H,7,10-11,19H2,1-6H3. The number of rotatable bonds is 11. The monoisotopic (exact) mass is 628 g/mol. The number of anilines is 2. The van der Waals surface area contributed by atoms with Crippen molar-refractivity contribution >= 4 is 28.5 Å². The largest absolute Gasteiger partial charge is 0.497 e. The third-order valence-corrected chi connectivity index (χ3v) is 6.42. The van der Waals surface area contributed by atoms with Crippen molar-refractivity contribution in [1.29, 1.82) is 0 Å². The summed E-state index contributed by atoms with van der Waals surface area (Å²) in [4.78, 5) is 32.8. The summed E-state index contributed by atoms with van der Waals surface area (Å²) < 4.78 is 61.4. The van der Waals surface area contributed by atoms with Gasteiger partial charge in [-0.25, -0.2) is 19.7 Å². The van der Waals surface area contributed by atoms with Crippen molar-refractivity contribution in [3.8, 4) is 28.8 Å². The van der Waals surface area contributed by atoms with E-state index in [0.29, 0.717) is 50.1 Å². The molecule has 45 heavy (non-hydrogen) atoms. The fourth-order valence-corrected chi connectivity index (χ4v) is 4.41. The van der Waals surface area contributed by atoms with E-state index in [1.54, 1.807) is 63.6 Å². The highest BCUT2D eigenvalue weighted by Gasteiger charge is 2.35. The van der Waals surface area contributed by atoms with Gasteiger partial charge in [0.05, 0.1) is 44.3 Å². The molecule has 2 aromatic heterocycles. The van der Waals surface area contributed by atoms with Crippen LogP contribution < -0.4 is 19.1 Å². The van der Waals surface area contributed by atoms with Crippen molar-refractivity contribution < 1.29 is 36.9 Å². The van der Waals surface area contributed by atoms with Crippen LogP contribution in [0, 0.1) is 0 Å². The van der Waals surface area contributed by atoms with Gasteiger partial charge in [-0.2, -0.15) is 13.2 Å². The first-order chi connectivity index (χ1) is 21.3. The number of aromatic nitrogens is 4. The Bertz CT molecular complexity index is 1590. The number of carbonyl (C=O) groups excluding carboxylic acids is 1. The number of halogens is 3. The normalized spacial score (nSPS) is 11.7. The number of hydrogen-bond acceptors (Lipinski definition) is 10. The Balaban J connectivity index is 1.69. The van der Waals surface area contributed by atoms with E-state index >= 15 is 0 Å². The van der Waals surface area contributed by atoms with Gasteiger partial charge in [0.1, 0.15) is 23.6 Å². The van der Waals surface area contributed by atoms with E-state index in [1.165, 1.54) is 21.3 Å². The van der Waals surface area contributed by atoms with Crippen LogP contribution in [0.3, 0.4) is 0 Å². The Morgan fingerprint density at radius 3 is 2.04 bits per heavy atom. The molecule has 0 N–H and O–H groups in total. The minimum Gasteiger partial charge on any atom is -0.497 e. The molecule has 0 saturated carbocycles. The Labute approximate surface area is 258 Å². The fourth-order valence-electron chi connectivity index (χ4n) is 4.41. The van der Waals surface area contributed by atoms with Crippen molar-refractivity contribution in [2.75, 3.05) is 45.9 Å². The summed E-state index contributed by atoms with van der Waals surface area (Å²) in [5.74, 6) is 1.04. The minimum absolute atomic E-state index is 0.168. The number of carbonyl (C=O) groups is 1. The minimum atomic E-state index is -4.60. The summed E-state index contributed by atoms with van der Waals surface area (Å²) in [7, 11) is 4.52. The second-order valence-electron chi connectivity index (χ2n) is 11.0. The number of nitrogens with zero attached hydrogens (tertiary/aromatic N) is 6. The molecule has 0 aliphatic rings. The van der Waals surface area contributed by atoms with Crippen LogP contribution in [-0.4, -0.2) is 83.7 Å². The predicted octanol–water partition coefficient (Wildman–Crippen LogP) is 6.44. The topological polar surface area (TPSA) is 112 Å². The van der Waals surface area contributed by atoms with Crippen LogP contribution in [0.2, 0.25) is 0 Å². The molecule has 0 bridgehead atoms. The van der Waals surface area contributed by atoms with Crippen LogP contribution in [0.5, 0.6) is 17.5 Å². The molecule has 2 heterocycles. The van der Waals surface area contributed by atoms with Crippen LogP contribution in [0.4, 0.5) is 29.3 Å². The van der Waals surface area contributed by atoms with Crippen LogP contribution in [0.15, 0.2) is 55.0 Å². The molecule has 0 unspecified atom stereocenters. The van der Waals surface area contributed by atoms with Gasteiger partial charge in [0.15, 0.2) is 0 Å². The van der Waals surface area contributed by atoms with Crippen molar-refractivity contribution in [1.82, 2.24) is 24.8 Å². The molecule has 0 saturated heterocycles. The van der Waals surface area contributed by atoms with Crippen molar-refractivity contribution in [3.63, 3.8) is 0 Å². The van der Waals surface area contributed by atoms with Crippen molar-refractivity contribution in [3.05, 3.63) is 55.0 Å². The molecular weight excluding hydrogens is 593 g/mol. The maximum atomic E-state index is 13.4. The van der Waals surface area contributed by atoms with Gasteiger partial charge < -0.3 is 23.8 Å². The van der Waals surface area contributed by atoms with Gasteiger partial charge in [0.2, 0.25) is 0 Å². The number of ether oxygens (including phenoxy) is 4. The molecule has 11 nitrogen and oxygen atoms in total. The van der Waals surface area contributed by atoms with Gasteiger partial charge in [0, 0.05) is 60.6 Å². The summed E-state index contributed by atoms with van der Waals surface area (Å²) in [6, 6.07) is 11.0. The van der Waals surface area contributed by atoms with Gasteiger partial charge in [-0.3, -0.25) is 9.88 Å². The summed E-state index contributed by atoms with van der Waals surface area (Å²) in [5.41, 5.74) is 2.74. The van der Waals surface area contributed by atoms with Crippen molar-refractivity contribution in [2.24, 2.45) is 0 Å². The van der Waals surface area contributed by atoms with E-state index in [9.17, 15) is 18.0 Å². The number of hydrogen-bond donors (Lipinski definition) is 0. The van der Waals surface area contributed by atoms with Gasteiger partial charge in [-0.15, -0.1) is 0 Å². The smallest absolute Gasteiger partial charge is 0.410 e. The molecule has 0 aliphatic heterocycles. The molecule has 0 atom stereocenters. The highest BCUT2D eigenvalue weighted by molar-refractivity contribution is 5.82. The fraction of sp³-hybridized carbons (Fsp3) is 0.387. The molecule has 0 spiro atoms. The second kappa shape index (κ2) is 13.8. The Morgan fingerprint density at radius 2 is 1.47 bits per heavy atom. The molecular formula is C31H35F3N6O5. The zero-order chi connectivity index (χ0) is 32.8. The first kappa shape index (κ1) is 33.0. The van der Waals surface area contributed by atoms with Crippen LogP contribution >= 0.6 is 0 Å². The molecule has 0 fully saturated rings. The predicted molar refractivity (Wildman–Crippen MR) is 162 cm³/mol. The molecule has 240 valence electrons. The lowest BCUT2D eigenvalue weighted by Crippen LogP contribution is -2.43. The van der Waals surface area contributed by atoms with Gasteiger partial charge in [0.25, 0.3) is 0 Å². The molecule has 1 amide bonds. The van der Waals surface area contributed by atoms with E-state index in [0.717, 1.165) is 0 Å². The van der Waals surface area contributed by atoms with Crippen LogP contribution in [0.25, 0.3) is 22.3 Å². The third-order valence-electron chi connectivity index (χ3n) is 6.42. The lowest BCUT2D eigenvalue weighted by Gasteiger charge is -2.30. The maximum absolute atomic E-state index is 13.4. The quantitative estimate of drug-likeness (QED) is 0.184. The summed E-state index contributed by atoms with van der Waals surface area (Å²) in [5, 5.41) is 0. The van der Waals surface area contributed by atoms with Gasteiger partial charge >= 0.3 is 18.3 Å². The average molecular weight is 629 g/mol.